The van der Waals surface area contributed by atoms with Crippen LogP contribution < -0.4 is 10.8 Å². The molecule has 0 saturated carbocycles. The average Bonchev–Trinajstić information content (AvgIpc) is 2.63. The molecule has 2 heterocycles. The molecule has 15 heavy (non-hydrogen) atoms. The van der Waals surface area contributed by atoms with Gasteiger partial charge in [-0.1, -0.05) is 0 Å². The standard InChI is InChI=1S/C9H7N3O3/c1-5(14)7-2-8-10-3-6(4-13)9(15)12(8)11-7/h2-4,13H,1H3/b6-4+. The molecule has 0 amide bonds. The summed E-state index contributed by atoms with van der Waals surface area (Å²) in [7, 11) is 0. The maximum atomic E-state index is 11.6. The van der Waals surface area contributed by atoms with Crippen LogP contribution in [0.3, 0.4) is 0 Å². The smallest absolute Gasteiger partial charge is 0.284 e. The van der Waals surface area contributed by atoms with Crippen molar-refractivity contribution < 1.29 is 9.90 Å². The molecular formula is C9H7N3O3. The molecule has 2 aromatic rings. The molecule has 0 bridgehead atoms. The zero-order chi connectivity index (χ0) is 11.0. The highest BCUT2D eigenvalue weighted by atomic mass is 16.2. The van der Waals surface area contributed by atoms with E-state index in [0.29, 0.717) is 6.26 Å². The van der Waals surface area contributed by atoms with Crippen LogP contribution in [0.5, 0.6) is 0 Å². The third kappa shape index (κ3) is 1.35. The van der Waals surface area contributed by atoms with Gasteiger partial charge in [0.25, 0.3) is 5.56 Å². The summed E-state index contributed by atoms with van der Waals surface area (Å²) in [6.45, 7) is 1.35. The highest BCUT2D eigenvalue weighted by Crippen LogP contribution is 1.99. The lowest BCUT2D eigenvalue weighted by molar-refractivity contribution is 0.101. The van der Waals surface area contributed by atoms with Gasteiger partial charge in [0.05, 0.1) is 11.5 Å². The fraction of sp³-hybridized carbons (Fsp3) is 0.111. The lowest BCUT2D eigenvalue weighted by Gasteiger charge is -1.88. The molecule has 0 unspecified atom stereocenters. The molecule has 2 aromatic heterocycles. The predicted molar refractivity (Wildman–Crippen MR) is 51.6 cm³/mol. The summed E-state index contributed by atoms with van der Waals surface area (Å²) in [5.74, 6) is -0.241. The van der Waals surface area contributed by atoms with Crippen LogP contribution in [-0.2, 0) is 0 Å². The largest absolute Gasteiger partial charge is 0.515 e. The van der Waals surface area contributed by atoms with E-state index in [1.807, 2.05) is 0 Å². The van der Waals surface area contributed by atoms with Crippen molar-refractivity contribution in [2.75, 3.05) is 0 Å². The van der Waals surface area contributed by atoms with E-state index in [2.05, 4.69) is 10.1 Å². The number of hydrogen-bond acceptors (Lipinski definition) is 5. The van der Waals surface area contributed by atoms with E-state index in [4.69, 9.17) is 5.11 Å². The third-order valence-electron chi connectivity index (χ3n) is 1.97. The van der Waals surface area contributed by atoms with Gasteiger partial charge >= 0.3 is 0 Å². The highest BCUT2D eigenvalue weighted by molar-refractivity contribution is 5.93. The maximum absolute atomic E-state index is 11.6. The first-order chi connectivity index (χ1) is 7.13. The van der Waals surface area contributed by atoms with E-state index < -0.39 is 5.56 Å². The number of aliphatic hydroxyl groups excluding tert-OH is 1. The van der Waals surface area contributed by atoms with Crippen LogP contribution >= 0.6 is 0 Å². The zero-order valence-electron chi connectivity index (χ0n) is 7.84. The minimum atomic E-state index is -0.505. The topological polar surface area (TPSA) is 84.6 Å². The number of hydrogen-bond donors (Lipinski definition) is 1. The number of Topliss-reactive ketones (excluding diaryl/α,β-unsaturated/α-hetero) is 1. The molecule has 0 aliphatic carbocycles. The van der Waals surface area contributed by atoms with Gasteiger partial charge < -0.3 is 5.11 Å². The zero-order valence-corrected chi connectivity index (χ0v) is 7.84. The molecule has 6 heteroatoms. The number of carbonyl (C=O) groups is 1. The molecule has 0 atom stereocenters. The van der Waals surface area contributed by atoms with Crippen molar-refractivity contribution in [2.24, 2.45) is 0 Å². The SMILES string of the molecule is CC(=O)c1cc2nc/c(=C\O)c(=O)n2n1. The third-order valence-corrected chi connectivity index (χ3v) is 1.97. The van der Waals surface area contributed by atoms with Crippen LogP contribution in [-0.4, -0.2) is 25.5 Å². The van der Waals surface area contributed by atoms with Gasteiger partial charge in [-0.25, -0.2) is 4.98 Å². The molecule has 0 saturated heterocycles. The lowest BCUT2D eigenvalue weighted by atomic mass is 10.3. The van der Waals surface area contributed by atoms with E-state index in [1.54, 1.807) is 0 Å². The maximum Gasteiger partial charge on any atom is 0.284 e. The Bertz CT molecular complexity index is 644. The summed E-state index contributed by atoms with van der Waals surface area (Å²) >= 11 is 0. The van der Waals surface area contributed by atoms with Gasteiger partial charge in [-0.2, -0.15) is 9.61 Å². The number of rotatable bonds is 1. The van der Waals surface area contributed by atoms with Crippen molar-refractivity contribution in [2.45, 2.75) is 6.92 Å². The van der Waals surface area contributed by atoms with Crippen LogP contribution in [0.2, 0.25) is 0 Å². The Hall–Kier alpha value is -2.24. The Labute approximate surface area is 83.5 Å². The first kappa shape index (κ1) is 9.32. The molecule has 0 spiro atoms. The molecule has 6 nitrogen and oxygen atoms in total. The number of ketones is 1. The highest BCUT2D eigenvalue weighted by Gasteiger charge is 2.08. The molecule has 76 valence electrons. The quantitative estimate of drug-likeness (QED) is 0.623. The molecule has 0 aliphatic heterocycles. The average molecular weight is 205 g/mol. The van der Waals surface area contributed by atoms with Crippen molar-refractivity contribution >= 4 is 17.7 Å². The minimum absolute atomic E-state index is 0.0284. The van der Waals surface area contributed by atoms with E-state index in [1.165, 1.54) is 19.2 Å². The van der Waals surface area contributed by atoms with Crippen molar-refractivity contribution in [3.8, 4) is 0 Å². The monoisotopic (exact) mass is 205 g/mol. The Morgan fingerprint density at radius 3 is 2.93 bits per heavy atom. The van der Waals surface area contributed by atoms with Gasteiger partial charge in [0, 0.05) is 19.2 Å². The van der Waals surface area contributed by atoms with E-state index in [9.17, 15) is 9.59 Å². The molecule has 1 N–H and O–H groups in total. The number of aromatic nitrogens is 3. The Balaban J connectivity index is 2.89. The number of nitrogens with zero attached hydrogens (tertiary/aromatic N) is 3. The number of carbonyl (C=O) groups excluding carboxylic acids is 1. The van der Waals surface area contributed by atoms with Gasteiger partial charge in [-0.05, 0) is 0 Å². The summed E-state index contributed by atoms with van der Waals surface area (Å²) in [6.07, 6.45) is 1.88. The van der Waals surface area contributed by atoms with Gasteiger partial charge in [-0.15, -0.1) is 0 Å². The summed E-state index contributed by atoms with van der Waals surface area (Å²) < 4.78 is 0.985. The number of fused-ring (bicyclic) bond motifs is 1. The minimum Gasteiger partial charge on any atom is -0.515 e. The molecule has 0 fully saturated rings. The summed E-state index contributed by atoms with van der Waals surface area (Å²) in [4.78, 5) is 26.4. The second-order valence-corrected chi connectivity index (χ2v) is 3.00. The Morgan fingerprint density at radius 2 is 2.33 bits per heavy atom. The fourth-order valence-corrected chi connectivity index (χ4v) is 1.19. The summed E-state index contributed by atoms with van der Waals surface area (Å²) in [6, 6.07) is 1.42. The Kier molecular flexibility index (Phi) is 1.96. The van der Waals surface area contributed by atoms with Crippen LogP contribution in [0.25, 0.3) is 11.9 Å². The van der Waals surface area contributed by atoms with Crippen LogP contribution in [0, 0.1) is 0 Å². The van der Waals surface area contributed by atoms with E-state index in [-0.39, 0.29) is 22.3 Å². The van der Waals surface area contributed by atoms with Gasteiger partial charge in [0.2, 0.25) is 0 Å². The van der Waals surface area contributed by atoms with Gasteiger partial charge in [0.15, 0.2) is 11.4 Å². The van der Waals surface area contributed by atoms with Crippen molar-refractivity contribution in [3.63, 3.8) is 0 Å². The Morgan fingerprint density at radius 1 is 1.60 bits per heavy atom. The molecule has 0 aliphatic rings. The van der Waals surface area contributed by atoms with Crippen LogP contribution in [0.15, 0.2) is 17.1 Å². The van der Waals surface area contributed by atoms with Gasteiger partial charge in [0.1, 0.15) is 5.69 Å². The molecule has 0 aromatic carbocycles. The number of aliphatic hydroxyl groups is 1. The van der Waals surface area contributed by atoms with Crippen molar-refractivity contribution in [1.82, 2.24) is 14.6 Å². The van der Waals surface area contributed by atoms with Crippen LogP contribution in [0.4, 0.5) is 0 Å². The molecular weight excluding hydrogens is 198 g/mol. The van der Waals surface area contributed by atoms with Gasteiger partial charge in [-0.3, -0.25) is 9.59 Å². The lowest BCUT2D eigenvalue weighted by Crippen LogP contribution is -2.31. The summed E-state index contributed by atoms with van der Waals surface area (Å²) in [5, 5.41) is 12.5. The second kappa shape index (κ2) is 3.16. The molecule has 2 rings (SSSR count). The normalized spacial score (nSPS) is 12.2. The van der Waals surface area contributed by atoms with Crippen molar-refractivity contribution in [1.29, 1.82) is 0 Å². The summed E-state index contributed by atoms with van der Waals surface area (Å²) in [5.41, 5.74) is -0.0412. The first-order valence-corrected chi connectivity index (χ1v) is 4.17. The first-order valence-electron chi connectivity index (χ1n) is 4.17. The predicted octanol–water partition coefficient (Wildman–Crippen LogP) is -0.693. The van der Waals surface area contributed by atoms with E-state index in [0.717, 1.165) is 4.52 Å². The second-order valence-electron chi connectivity index (χ2n) is 3.00. The van der Waals surface area contributed by atoms with E-state index >= 15 is 0 Å². The van der Waals surface area contributed by atoms with Crippen LogP contribution in [0.1, 0.15) is 17.4 Å². The van der Waals surface area contributed by atoms with Crippen molar-refractivity contribution in [3.05, 3.63) is 33.5 Å². The fourth-order valence-electron chi connectivity index (χ4n) is 1.19. The molecule has 0 radical (unpaired) electrons.